The molecule has 0 saturated carbocycles. The van der Waals surface area contributed by atoms with E-state index in [9.17, 15) is 13.2 Å². The van der Waals surface area contributed by atoms with E-state index in [4.69, 9.17) is 9.98 Å². The van der Waals surface area contributed by atoms with E-state index in [1.54, 1.807) is 11.3 Å². The second-order valence-electron chi connectivity index (χ2n) is 7.54. The number of halogens is 4. The van der Waals surface area contributed by atoms with Gasteiger partial charge in [0.15, 0.2) is 11.1 Å². The van der Waals surface area contributed by atoms with Crippen molar-refractivity contribution in [1.82, 2.24) is 20.1 Å². The lowest BCUT2D eigenvalue weighted by Gasteiger charge is -2.39. The number of piperazine rings is 1. The number of rotatable bonds is 6. The number of nitrogens with one attached hydrogen (secondary N) is 1. The summed E-state index contributed by atoms with van der Waals surface area (Å²) in [5.74, 6) is 0.779. The Morgan fingerprint density at radius 2 is 1.87 bits per heavy atom. The average molecular weight is 560 g/mol. The Balaban J connectivity index is 0.00000320. The highest BCUT2D eigenvalue weighted by Crippen LogP contribution is 2.26. The smallest absolute Gasteiger partial charge is 0.357 e. The van der Waals surface area contributed by atoms with Crippen LogP contribution in [-0.2, 0) is 6.42 Å². The molecule has 30 heavy (non-hydrogen) atoms. The van der Waals surface area contributed by atoms with E-state index in [1.807, 2.05) is 6.92 Å². The zero-order valence-corrected chi connectivity index (χ0v) is 20.8. The zero-order chi connectivity index (χ0) is 20.9. The van der Waals surface area contributed by atoms with Gasteiger partial charge in [-0.1, -0.05) is 0 Å². The molecule has 1 unspecified atom stereocenters. The van der Waals surface area contributed by atoms with Crippen LogP contribution >= 0.6 is 35.3 Å². The number of guanidine groups is 1. The van der Waals surface area contributed by atoms with Crippen molar-refractivity contribution >= 4 is 46.4 Å². The van der Waals surface area contributed by atoms with E-state index in [0.29, 0.717) is 32.7 Å². The Morgan fingerprint density at radius 1 is 1.20 bits per heavy atom. The monoisotopic (exact) mass is 560 g/mol. The third kappa shape index (κ3) is 6.84. The van der Waals surface area contributed by atoms with E-state index in [0.717, 1.165) is 42.8 Å². The molecule has 0 bridgehead atoms. The second kappa shape index (κ2) is 11.7. The maximum absolute atomic E-state index is 12.9. The molecule has 11 heteroatoms. The van der Waals surface area contributed by atoms with Gasteiger partial charge in [-0.15, -0.1) is 35.3 Å². The third-order valence-electron chi connectivity index (χ3n) is 5.52. The topological polar surface area (TPSA) is 47.0 Å². The van der Waals surface area contributed by atoms with Crippen LogP contribution in [0.3, 0.4) is 0 Å². The number of anilines is 1. The number of aliphatic imine (C=N–C) groups is 1. The fourth-order valence-corrected chi connectivity index (χ4v) is 4.61. The van der Waals surface area contributed by atoms with Crippen LogP contribution in [0.5, 0.6) is 0 Å². The van der Waals surface area contributed by atoms with Gasteiger partial charge in [0.1, 0.15) is 6.04 Å². The number of alkyl halides is 3. The van der Waals surface area contributed by atoms with Gasteiger partial charge < -0.3 is 15.1 Å². The maximum atomic E-state index is 12.9. The van der Waals surface area contributed by atoms with Crippen molar-refractivity contribution in [2.45, 2.75) is 45.3 Å². The van der Waals surface area contributed by atoms with Gasteiger partial charge in [-0.2, -0.15) is 13.2 Å². The SMILES string of the molecule is CCNC(=NCCc1csc(N2CCCC2)n1)N1CCN(C(C)C(F)(F)F)CC1.I. The first-order valence-corrected chi connectivity index (χ1v) is 11.3. The van der Waals surface area contributed by atoms with Crippen molar-refractivity contribution in [2.75, 3.05) is 57.3 Å². The normalized spacial score (nSPS) is 19.7. The van der Waals surface area contributed by atoms with Gasteiger partial charge in [0.2, 0.25) is 0 Å². The minimum atomic E-state index is -4.18. The molecule has 0 aliphatic carbocycles. The lowest BCUT2D eigenvalue weighted by Crippen LogP contribution is -2.56. The van der Waals surface area contributed by atoms with Crippen molar-refractivity contribution in [3.8, 4) is 0 Å². The number of thiazole rings is 1. The summed E-state index contributed by atoms with van der Waals surface area (Å²) in [6.45, 7) is 8.62. The van der Waals surface area contributed by atoms with Crippen LogP contribution in [0.4, 0.5) is 18.3 Å². The molecule has 2 saturated heterocycles. The van der Waals surface area contributed by atoms with Gasteiger partial charge in [-0.25, -0.2) is 4.98 Å². The highest BCUT2D eigenvalue weighted by atomic mass is 127. The second-order valence-corrected chi connectivity index (χ2v) is 8.38. The molecule has 1 atom stereocenters. The van der Waals surface area contributed by atoms with E-state index in [2.05, 4.69) is 20.5 Å². The first-order chi connectivity index (χ1) is 13.9. The molecule has 1 N–H and O–H groups in total. The summed E-state index contributed by atoms with van der Waals surface area (Å²) in [6, 6.07) is -1.40. The van der Waals surface area contributed by atoms with E-state index in [-0.39, 0.29) is 24.0 Å². The molecule has 0 aromatic carbocycles. The molecular weight excluding hydrogens is 528 g/mol. The van der Waals surface area contributed by atoms with Crippen molar-refractivity contribution in [2.24, 2.45) is 4.99 Å². The van der Waals surface area contributed by atoms with Crippen LogP contribution in [-0.4, -0.2) is 85.3 Å². The molecule has 0 spiro atoms. The van der Waals surface area contributed by atoms with Crippen LogP contribution < -0.4 is 10.2 Å². The van der Waals surface area contributed by atoms with Crippen molar-refractivity contribution in [3.05, 3.63) is 11.1 Å². The molecular formula is C19H32F3IN6S. The quantitative estimate of drug-likeness (QED) is 0.329. The minimum absolute atomic E-state index is 0. The predicted octanol–water partition coefficient (Wildman–Crippen LogP) is 3.44. The molecule has 0 amide bonds. The van der Waals surface area contributed by atoms with Gasteiger partial charge in [0.05, 0.1) is 5.69 Å². The highest BCUT2D eigenvalue weighted by Gasteiger charge is 2.41. The van der Waals surface area contributed by atoms with Gasteiger partial charge in [0, 0.05) is 64.2 Å². The Morgan fingerprint density at radius 3 is 2.47 bits per heavy atom. The summed E-state index contributed by atoms with van der Waals surface area (Å²) in [5.41, 5.74) is 1.06. The summed E-state index contributed by atoms with van der Waals surface area (Å²) in [4.78, 5) is 15.3. The standard InChI is InChI=1S/C19H31F3N6S.HI/c1-3-23-17(27-12-10-26(11-13-27)15(2)19(20,21)22)24-7-6-16-14-29-18(25-16)28-8-4-5-9-28;/h14-15H,3-13H2,1-2H3,(H,23,24);1H. The molecule has 1 aromatic heterocycles. The van der Waals surface area contributed by atoms with Crippen molar-refractivity contribution in [1.29, 1.82) is 0 Å². The van der Waals surface area contributed by atoms with Crippen LogP contribution in [0.15, 0.2) is 10.4 Å². The zero-order valence-electron chi connectivity index (χ0n) is 17.6. The van der Waals surface area contributed by atoms with Gasteiger partial charge in [0.25, 0.3) is 0 Å². The van der Waals surface area contributed by atoms with Crippen LogP contribution in [0, 0.1) is 0 Å². The fraction of sp³-hybridized carbons (Fsp3) is 0.789. The fourth-order valence-electron chi connectivity index (χ4n) is 3.69. The summed E-state index contributed by atoms with van der Waals surface area (Å²) in [7, 11) is 0. The minimum Gasteiger partial charge on any atom is -0.357 e. The van der Waals surface area contributed by atoms with E-state index >= 15 is 0 Å². The number of hydrogen-bond donors (Lipinski definition) is 1. The first-order valence-electron chi connectivity index (χ1n) is 10.4. The van der Waals surface area contributed by atoms with Crippen LogP contribution in [0.25, 0.3) is 0 Å². The Bertz CT molecular complexity index is 669. The number of aromatic nitrogens is 1. The largest absolute Gasteiger partial charge is 0.403 e. The maximum Gasteiger partial charge on any atom is 0.403 e. The Kier molecular flexibility index (Phi) is 9.92. The molecule has 6 nitrogen and oxygen atoms in total. The molecule has 2 fully saturated rings. The lowest BCUT2D eigenvalue weighted by atomic mass is 10.2. The summed E-state index contributed by atoms with van der Waals surface area (Å²) in [6.07, 6.45) is -0.937. The molecule has 1 aromatic rings. The summed E-state index contributed by atoms with van der Waals surface area (Å²) < 4.78 is 38.8. The van der Waals surface area contributed by atoms with Crippen LogP contribution in [0.1, 0.15) is 32.4 Å². The predicted molar refractivity (Wildman–Crippen MR) is 127 cm³/mol. The molecule has 3 rings (SSSR count). The van der Waals surface area contributed by atoms with E-state index in [1.165, 1.54) is 24.7 Å². The van der Waals surface area contributed by atoms with Gasteiger partial charge in [-0.05, 0) is 26.7 Å². The molecule has 172 valence electrons. The molecule has 0 radical (unpaired) electrons. The third-order valence-corrected chi connectivity index (χ3v) is 6.47. The Hall–Kier alpha value is -0.820. The van der Waals surface area contributed by atoms with Gasteiger partial charge >= 0.3 is 6.18 Å². The van der Waals surface area contributed by atoms with Crippen molar-refractivity contribution < 1.29 is 13.2 Å². The molecule has 3 heterocycles. The average Bonchev–Trinajstić information content (AvgIpc) is 3.38. The molecule has 2 aliphatic heterocycles. The Labute approximate surface area is 197 Å². The highest BCUT2D eigenvalue weighted by molar-refractivity contribution is 14.0. The van der Waals surface area contributed by atoms with E-state index < -0.39 is 12.2 Å². The first kappa shape index (κ1) is 25.4. The van der Waals surface area contributed by atoms with Crippen molar-refractivity contribution in [3.63, 3.8) is 0 Å². The molecule has 2 aliphatic rings. The number of nitrogens with zero attached hydrogens (tertiary/aromatic N) is 5. The lowest BCUT2D eigenvalue weighted by molar-refractivity contribution is -0.181. The summed E-state index contributed by atoms with van der Waals surface area (Å²) >= 11 is 1.69. The van der Waals surface area contributed by atoms with Crippen LogP contribution in [0.2, 0.25) is 0 Å². The summed E-state index contributed by atoms with van der Waals surface area (Å²) in [5, 5.41) is 6.48. The van der Waals surface area contributed by atoms with Gasteiger partial charge in [-0.3, -0.25) is 9.89 Å². The number of hydrogen-bond acceptors (Lipinski definition) is 5.